The fourth-order valence-electron chi connectivity index (χ4n) is 9.78. The number of rotatable bonds is 61. The minimum Gasteiger partial charge on any atom is -0.462 e. The molecule has 74 heavy (non-hydrogen) atoms. The molecule has 10 heteroatoms. The lowest BCUT2D eigenvalue weighted by Gasteiger charge is -2.24. The molecule has 0 aliphatic heterocycles. The molecular weight excluding hydrogens is 942 g/mol. The van der Waals surface area contributed by atoms with Crippen molar-refractivity contribution in [3.8, 4) is 0 Å². The normalized spacial score (nSPS) is 13.2. The lowest BCUT2D eigenvalue weighted by atomic mass is 10.0. The molecule has 1 N–H and O–H groups in total. The van der Waals surface area contributed by atoms with E-state index in [0.29, 0.717) is 17.4 Å². The van der Waals surface area contributed by atoms with E-state index in [1.807, 2.05) is 21.1 Å². The molecule has 0 saturated heterocycles. The molecule has 0 fully saturated rings. The molecule has 2 unspecified atom stereocenters. The van der Waals surface area contributed by atoms with E-state index in [-0.39, 0.29) is 25.6 Å². The Hall–Kier alpha value is -1.25. The minimum atomic E-state index is -4.37. The van der Waals surface area contributed by atoms with Gasteiger partial charge in [-0.1, -0.05) is 296 Å². The highest BCUT2D eigenvalue weighted by atomic mass is 31.2. The molecule has 0 aliphatic carbocycles. The Morgan fingerprint density at radius 1 is 0.405 bits per heavy atom. The van der Waals surface area contributed by atoms with Gasteiger partial charge in [-0.25, -0.2) is 4.57 Å². The molecule has 0 aromatic carbocycles. The van der Waals surface area contributed by atoms with Crippen LogP contribution in [0.3, 0.4) is 0 Å². The number of carbonyl (C=O) groups excluding carboxylic acids is 2. The van der Waals surface area contributed by atoms with Gasteiger partial charge in [-0.05, 0) is 38.5 Å². The van der Waals surface area contributed by atoms with Crippen molar-refractivity contribution in [2.75, 3.05) is 47.5 Å². The first-order valence-electron chi connectivity index (χ1n) is 32.4. The third-order valence-electron chi connectivity index (χ3n) is 14.8. The zero-order valence-electron chi connectivity index (χ0n) is 50.1. The highest BCUT2D eigenvalue weighted by Crippen LogP contribution is 2.43. The van der Waals surface area contributed by atoms with Crippen molar-refractivity contribution in [3.63, 3.8) is 0 Å². The van der Waals surface area contributed by atoms with E-state index in [4.69, 9.17) is 18.5 Å². The van der Waals surface area contributed by atoms with Gasteiger partial charge in [-0.3, -0.25) is 18.6 Å². The molecule has 0 aliphatic rings. The number of hydrogen-bond acceptors (Lipinski definition) is 7. The summed E-state index contributed by atoms with van der Waals surface area (Å²) in [5.41, 5.74) is 0. The van der Waals surface area contributed by atoms with Crippen LogP contribution in [-0.2, 0) is 32.7 Å². The number of nitrogens with zero attached hydrogens (tertiary/aromatic N) is 1. The lowest BCUT2D eigenvalue weighted by Crippen LogP contribution is -2.37. The number of carbonyl (C=O) groups is 2. The number of quaternary nitrogens is 1. The van der Waals surface area contributed by atoms with Crippen LogP contribution < -0.4 is 0 Å². The van der Waals surface area contributed by atoms with Gasteiger partial charge in [0.1, 0.15) is 19.8 Å². The quantitative estimate of drug-likeness (QED) is 0.0211. The van der Waals surface area contributed by atoms with Gasteiger partial charge in [0.15, 0.2) is 6.10 Å². The summed E-state index contributed by atoms with van der Waals surface area (Å²) >= 11 is 0. The van der Waals surface area contributed by atoms with Crippen LogP contribution in [0, 0.1) is 0 Å². The van der Waals surface area contributed by atoms with Crippen molar-refractivity contribution in [1.82, 2.24) is 0 Å². The SMILES string of the molecule is CCCCCCCCCC/C=C\CCCCCCCCCCCCCCCCCCCCCCCCCCCCCC(=O)OC(COC(=O)CCCCCCCCCCCCC)COP(=O)(O)OCC[N+](C)(C)C. The number of hydrogen-bond donors (Lipinski definition) is 1. The maximum Gasteiger partial charge on any atom is 0.472 e. The van der Waals surface area contributed by atoms with E-state index in [2.05, 4.69) is 26.0 Å². The van der Waals surface area contributed by atoms with Crippen molar-refractivity contribution in [3.05, 3.63) is 12.2 Å². The standard InChI is InChI=1S/C64H126NO8P/c1-6-8-10-12-14-16-18-19-20-21-22-23-24-25-26-27-28-29-30-31-32-33-34-35-36-37-38-39-40-41-42-43-44-45-47-49-51-53-55-57-64(67)73-62(61-72-74(68,69)71-59-58-65(3,4)5)60-70-63(66)56-54-52-50-48-46-17-15-13-11-9-7-2/h21-22,62H,6-20,23-61H2,1-5H3/p+1/b22-21-. The minimum absolute atomic E-state index is 0.0365. The van der Waals surface area contributed by atoms with Crippen molar-refractivity contribution < 1.29 is 42.1 Å². The van der Waals surface area contributed by atoms with E-state index < -0.39 is 26.5 Å². The Bertz CT molecular complexity index is 1260. The van der Waals surface area contributed by atoms with Crippen LogP contribution in [-0.4, -0.2) is 74.9 Å². The highest BCUT2D eigenvalue weighted by molar-refractivity contribution is 7.47. The predicted molar refractivity (Wildman–Crippen MR) is 317 cm³/mol. The molecule has 0 amide bonds. The molecule has 9 nitrogen and oxygen atoms in total. The van der Waals surface area contributed by atoms with Crippen molar-refractivity contribution in [2.24, 2.45) is 0 Å². The Kier molecular flexibility index (Phi) is 55.5. The maximum absolute atomic E-state index is 12.8. The van der Waals surface area contributed by atoms with Gasteiger partial charge in [0.2, 0.25) is 0 Å². The Morgan fingerprint density at radius 3 is 1.00 bits per heavy atom. The molecule has 0 rings (SSSR count). The predicted octanol–water partition coefficient (Wildman–Crippen LogP) is 20.4. The summed E-state index contributed by atoms with van der Waals surface area (Å²) in [5, 5.41) is 0. The Labute approximate surface area is 460 Å². The van der Waals surface area contributed by atoms with Crippen molar-refractivity contribution in [1.29, 1.82) is 0 Å². The van der Waals surface area contributed by atoms with Gasteiger partial charge >= 0.3 is 19.8 Å². The second-order valence-corrected chi connectivity index (χ2v) is 25.0. The maximum atomic E-state index is 12.8. The summed E-state index contributed by atoms with van der Waals surface area (Å²) in [6.07, 6.45) is 67.7. The molecule has 0 aromatic heterocycles. The number of unbranched alkanes of at least 4 members (excludes halogenated alkanes) is 45. The third-order valence-corrected chi connectivity index (χ3v) is 15.8. The van der Waals surface area contributed by atoms with E-state index >= 15 is 0 Å². The first-order chi connectivity index (χ1) is 36.0. The number of likely N-dealkylation sites (N-methyl/N-ethyl adjacent to an activating group) is 1. The van der Waals surface area contributed by atoms with E-state index in [1.165, 1.54) is 270 Å². The molecule has 0 saturated carbocycles. The van der Waals surface area contributed by atoms with Crippen LogP contribution in [0.2, 0.25) is 0 Å². The van der Waals surface area contributed by atoms with Crippen LogP contribution in [0.25, 0.3) is 0 Å². The molecule has 440 valence electrons. The average Bonchev–Trinajstić information content (AvgIpc) is 3.36. The number of phosphoric ester groups is 1. The number of esters is 2. The van der Waals surface area contributed by atoms with Crippen LogP contribution in [0.4, 0.5) is 0 Å². The fourth-order valence-corrected chi connectivity index (χ4v) is 10.5. The summed E-state index contributed by atoms with van der Waals surface area (Å²) in [6.45, 7) is 4.47. The number of allylic oxidation sites excluding steroid dienone is 2. The van der Waals surface area contributed by atoms with Crippen LogP contribution >= 0.6 is 7.82 Å². The van der Waals surface area contributed by atoms with Crippen molar-refractivity contribution >= 4 is 19.8 Å². The van der Waals surface area contributed by atoms with Crippen molar-refractivity contribution in [2.45, 2.75) is 341 Å². The van der Waals surface area contributed by atoms with E-state index in [9.17, 15) is 19.0 Å². The van der Waals surface area contributed by atoms with Gasteiger partial charge in [-0.2, -0.15) is 0 Å². The second kappa shape index (κ2) is 56.5. The summed E-state index contributed by atoms with van der Waals surface area (Å²) in [5.74, 6) is -0.779. The van der Waals surface area contributed by atoms with Gasteiger partial charge in [0.25, 0.3) is 0 Å². The van der Waals surface area contributed by atoms with Gasteiger partial charge in [0, 0.05) is 12.8 Å². The zero-order chi connectivity index (χ0) is 54.2. The number of phosphoric acid groups is 1. The molecule has 0 radical (unpaired) electrons. The van der Waals surface area contributed by atoms with Gasteiger partial charge in [-0.15, -0.1) is 0 Å². The van der Waals surface area contributed by atoms with Gasteiger partial charge < -0.3 is 18.9 Å². The topological polar surface area (TPSA) is 108 Å². The monoisotopic (exact) mass is 1070 g/mol. The summed E-state index contributed by atoms with van der Waals surface area (Å²) in [6, 6.07) is 0. The first-order valence-corrected chi connectivity index (χ1v) is 33.9. The van der Waals surface area contributed by atoms with E-state index in [1.54, 1.807) is 0 Å². The second-order valence-electron chi connectivity index (χ2n) is 23.5. The first kappa shape index (κ1) is 72.8. The Balaban J connectivity index is 3.80. The van der Waals surface area contributed by atoms with Crippen LogP contribution in [0.1, 0.15) is 335 Å². The summed E-state index contributed by atoms with van der Waals surface area (Å²) in [4.78, 5) is 35.6. The zero-order valence-corrected chi connectivity index (χ0v) is 51.0. The summed E-state index contributed by atoms with van der Waals surface area (Å²) in [7, 11) is 1.50. The largest absolute Gasteiger partial charge is 0.472 e. The molecule has 0 bridgehead atoms. The van der Waals surface area contributed by atoms with Crippen LogP contribution in [0.15, 0.2) is 12.2 Å². The molecular formula is C64H127NO8P+. The highest BCUT2D eigenvalue weighted by Gasteiger charge is 2.27. The Morgan fingerprint density at radius 2 is 0.689 bits per heavy atom. The molecule has 0 spiro atoms. The van der Waals surface area contributed by atoms with Crippen LogP contribution in [0.5, 0.6) is 0 Å². The third kappa shape index (κ3) is 60.0. The lowest BCUT2D eigenvalue weighted by molar-refractivity contribution is -0.870. The fraction of sp³-hybridized carbons (Fsp3) is 0.938. The van der Waals surface area contributed by atoms with E-state index in [0.717, 1.165) is 38.5 Å². The molecule has 2 atom stereocenters. The summed E-state index contributed by atoms with van der Waals surface area (Å²) < 4.78 is 34.5. The molecule has 0 aromatic rings. The average molecular weight is 1070 g/mol. The van der Waals surface area contributed by atoms with Gasteiger partial charge in [0.05, 0.1) is 27.7 Å². The molecule has 0 heterocycles. The number of ether oxygens (including phenoxy) is 2. The smallest absolute Gasteiger partial charge is 0.462 e.